The molecule has 2 aromatic rings. The fourth-order valence-electron chi connectivity index (χ4n) is 1.61. The summed E-state index contributed by atoms with van der Waals surface area (Å²) in [5, 5.41) is 2.41. The molecule has 0 aliphatic rings. The maximum atomic E-state index is 13.4. The van der Waals surface area contributed by atoms with E-state index in [9.17, 15) is 18.0 Å². The normalized spacial score (nSPS) is 10.3. The molecule has 0 aliphatic carbocycles. The Morgan fingerprint density at radius 2 is 1.65 bits per heavy atom. The molecule has 3 N–H and O–H groups in total. The predicted octanol–water partition coefficient (Wildman–Crippen LogP) is 2.62. The summed E-state index contributed by atoms with van der Waals surface area (Å²) in [6.45, 7) is -0.244. The van der Waals surface area contributed by atoms with Crippen molar-refractivity contribution in [1.29, 1.82) is 0 Å². The molecule has 104 valence electrons. The zero-order valence-corrected chi connectivity index (χ0v) is 10.3. The molecule has 20 heavy (non-hydrogen) atoms. The SMILES string of the molecule is Nc1ccc(C(=O)NCc2ccc(F)c(F)c2F)cc1. The van der Waals surface area contributed by atoms with Crippen molar-refractivity contribution in [1.82, 2.24) is 5.32 Å². The van der Waals surface area contributed by atoms with Gasteiger partial charge >= 0.3 is 0 Å². The Labute approximate surface area is 113 Å². The molecule has 6 heteroatoms. The molecule has 0 aromatic heterocycles. The van der Waals surface area contributed by atoms with E-state index in [1.54, 1.807) is 12.1 Å². The van der Waals surface area contributed by atoms with Crippen LogP contribution < -0.4 is 11.1 Å². The topological polar surface area (TPSA) is 55.1 Å². The second-order valence-electron chi connectivity index (χ2n) is 4.14. The van der Waals surface area contributed by atoms with Gasteiger partial charge in [-0.05, 0) is 30.3 Å². The lowest BCUT2D eigenvalue weighted by atomic mass is 10.1. The van der Waals surface area contributed by atoms with Gasteiger partial charge in [-0.3, -0.25) is 4.79 Å². The van der Waals surface area contributed by atoms with Crippen LogP contribution in [0.1, 0.15) is 15.9 Å². The highest BCUT2D eigenvalue weighted by Crippen LogP contribution is 2.15. The van der Waals surface area contributed by atoms with Crippen LogP contribution >= 0.6 is 0 Å². The summed E-state index contributed by atoms with van der Waals surface area (Å²) < 4.78 is 39.1. The molecule has 2 aromatic carbocycles. The van der Waals surface area contributed by atoms with Gasteiger partial charge in [0, 0.05) is 23.4 Å². The molecule has 0 heterocycles. The van der Waals surface area contributed by atoms with Gasteiger partial charge in [-0.25, -0.2) is 13.2 Å². The first-order chi connectivity index (χ1) is 9.49. The van der Waals surface area contributed by atoms with Gasteiger partial charge in [-0.1, -0.05) is 6.07 Å². The number of nitrogens with two attached hydrogens (primary N) is 1. The lowest BCUT2D eigenvalue weighted by Crippen LogP contribution is -2.23. The summed E-state index contributed by atoms with van der Waals surface area (Å²) in [6.07, 6.45) is 0. The highest BCUT2D eigenvalue weighted by atomic mass is 19.2. The van der Waals surface area contributed by atoms with Gasteiger partial charge in [-0.15, -0.1) is 0 Å². The predicted molar refractivity (Wildman–Crippen MR) is 68.3 cm³/mol. The minimum atomic E-state index is -1.55. The standard InChI is InChI=1S/C14H11F3N2O/c15-11-6-3-9(12(16)13(11)17)7-19-14(20)8-1-4-10(18)5-2-8/h1-6H,7,18H2,(H,19,20). The van der Waals surface area contributed by atoms with Crippen molar-refractivity contribution in [3.8, 4) is 0 Å². The van der Waals surface area contributed by atoms with Crippen LogP contribution in [0.3, 0.4) is 0 Å². The van der Waals surface area contributed by atoms with Gasteiger partial charge < -0.3 is 11.1 Å². The number of hydrogen-bond donors (Lipinski definition) is 2. The first-order valence-corrected chi connectivity index (χ1v) is 5.75. The van der Waals surface area contributed by atoms with Crippen molar-refractivity contribution in [2.24, 2.45) is 0 Å². The molecule has 2 rings (SSSR count). The number of amides is 1. The summed E-state index contributed by atoms with van der Waals surface area (Å²) in [4.78, 5) is 11.8. The van der Waals surface area contributed by atoms with E-state index in [-0.39, 0.29) is 12.1 Å². The molecular weight excluding hydrogens is 269 g/mol. The zero-order chi connectivity index (χ0) is 14.7. The first kappa shape index (κ1) is 13.9. The van der Waals surface area contributed by atoms with Crippen molar-refractivity contribution < 1.29 is 18.0 Å². The monoisotopic (exact) mass is 280 g/mol. The molecule has 0 fully saturated rings. The lowest BCUT2D eigenvalue weighted by Gasteiger charge is -2.07. The number of anilines is 1. The van der Waals surface area contributed by atoms with E-state index in [2.05, 4.69) is 5.32 Å². The Morgan fingerprint density at radius 3 is 2.30 bits per heavy atom. The van der Waals surface area contributed by atoms with Crippen LogP contribution in [0.25, 0.3) is 0 Å². The zero-order valence-electron chi connectivity index (χ0n) is 10.3. The third-order valence-corrected chi connectivity index (χ3v) is 2.73. The molecule has 0 aliphatic heterocycles. The van der Waals surface area contributed by atoms with Crippen molar-refractivity contribution in [3.05, 3.63) is 65.0 Å². The van der Waals surface area contributed by atoms with Crippen LogP contribution in [0.15, 0.2) is 36.4 Å². The Kier molecular flexibility index (Phi) is 3.93. The fraction of sp³-hybridized carbons (Fsp3) is 0.0714. The van der Waals surface area contributed by atoms with E-state index in [4.69, 9.17) is 5.73 Å². The van der Waals surface area contributed by atoms with Gasteiger partial charge in [-0.2, -0.15) is 0 Å². The fourth-order valence-corrected chi connectivity index (χ4v) is 1.61. The average Bonchev–Trinajstić information content (AvgIpc) is 2.44. The highest BCUT2D eigenvalue weighted by molar-refractivity contribution is 5.94. The maximum Gasteiger partial charge on any atom is 0.251 e. The van der Waals surface area contributed by atoms with E-state index in [1.165, 1.54) is 12.1 Å². The molecule has 0 spiro atoms. The van der Waals surface area contributed by atoms with Crippen LogP contribution in [-0.4, -0.2) is 5.91 Å². The Balaban J connectivity index is 2.07. The average molecular weight is 280 g/mol. The van der Waals surface area contributed by atoms with Crippen molar-refractivity contribution in [3.63, 3.8) is 0 Å². The van der Waals surface area contributed by atoms with Crippen LogP contribution in [0.4, 0.5) is 18.9 Å². The third kappa shape index (κ3) is 2.90. The Bertz CT molecular complexity index is 642. The number of hydrogen-bond acceptors (Lipinski definition) is 2. The third-order valence-electron chi connectivity index (χ3n) is 2.73. The summed E-state index contributed by atoms with van der Waals surface area (Å²) >= 11 is 0. The molecule has 0 bridgehead atoms. The molecule has 3 nitrogen and oxygen atoms in total. The van der Waals surface area contributed by atoms with E-state index in [1.807, 2.05) is 0 Å². The quantitative estimate of drug-likeness (QED) is 0.670. The smallest absolute Gasteiger partial charge is 0.251 e. The van der Waals surface area contributed by atoms with Gasteiger partial charge in [0.2, 0.25) is 0 Å². The Hall–Kier alpha value is -2.50. The van der Waals surface area contributed by atoms with Crippen molar-refractivity contribution in [2.75, 3.05) is 5.73 Å². The molecule has 0 unspecified atom stereocenters. The molecule has 0 saturated carbocycles. The number of nitrogen functional groups attached to an aromatic ring is 1. The van der Waals surface area contributed by atoms with Gasteiger partial charge in [0.15, 0.2) is 17.5 Å². The van der Waals surface area contributed by atoms with E-state index >= 15 is 0 Å². The van der Waals surface area contributed by atoms with Crippen LogP contribution in [0.2, 0.25) is 0 Å². The van der Waals surface area contributed by atoms with Crippen LogP contribution in [0.5, 0.6) is 0 Å². The lowest BCUT2D eigenvalue weighted by molar-refractivity contribution is 0.0950. The highest BCUT2D eigenvalue weighted by Gasteiger charge is 2.14. The van der Waals surface area contributed by atoms with Gasteiger partial charge in [0.25, 0.3) is 5.91 Å². The first-order valence-electron chi connectivity index (χ1n) is 5.75. The van der Waals surface area contributed by atoms with E-state index in [0.717, 1.165) is 12.1 Å². The number of benzene rings is 2. The number of nitrogens with one attached hydrogen (secondary N) is 1. The van der Waals surface area contributed by atoms with Crippen molar-refractivity contribution in [2.45, 2.75) is 6.54 Å². The summed E-state index contributed by atoms with van der Waals surface area (Å²) in [6, 6.07) is 8.00. The largest absolute Gasteiger partial charge is 0.399 e. The van der Waals surface area contributed by atoms with E-state index in [0.29, 0.717) is 11.3 Å². The number of halogens is 3. The molecule has 0 saturated heterocycles. The maximum absolute atomic E-state index is 13.4. The molecular formula is C14H11F3N2O. The summed E-state index contributed by atoms with van der Waals surface area (Å²) in [7, 11) is 0. The van der Waals surface area contributed by atoms with Crippen LogP contribution in [0, 0.1) is 17.5 Å². The minimum Gasteiger partial charge on any atom is -0.399 e. The minimum absolute atomic E-state index is 0.132. The number of carbonyl (C=O) groups excluding carboxylic acids is 1. The Morgan fingerprint density at radius 1 is 1.00 bits per heavy atom. The van der Waals surface area contributed by atoms with Gasteiger partial charge in [0.1, 0.15) is 0 Å². The molecule has 0 atom stereocenters. The molecule has 1 amide bonds. The number of carbonyl (C=O) groups is 1. The summed E-state index contributed by atoms with van der Waals surface area (Å²) in [5.74, 6) is -4.59. The molecule has 0 radical (unpaired) electrons. The second-order valence-corrected chi connectivity index (χ2v) is 4.14. The van der Waals surface area contributed by atoms with E-state index < -0.39 is 23.4 Å². The van der Waals surface area contributed by atoms with Gasteiger partial charge in [0.05, 0.1) is 0 Å². The summed E-state index contributed by atoms with van der Waals surface area (Å²) in [5.41, 5.74) is 6.20. The second kappa shape index (κ2) is 5.64. The van der Waals surface area contributed by atoms with Crippen LogP contribution in [-0.2, 0) is 6.54 Å². The number of rotatable bonds is 3. The van der Waals surface area contributed by atoms with Crippen molar-refractivity contribution >= 4 is 11.6 Å².